The molecular formula is C15H11N3. The van der Waals surface area contributed by atoms with Crippen LogP contribution in [-0.4, -0.2) is 14.5 Å². The number of imidazole rings is 1. The molecule has 0 aliphatic carbocycles. The highest BCUT2D eigenvalue weighted by Gasteiger charge is 2.08. The Bertz CT molecular complexity index is 767. The van der Waals surface area contributed by atoms with E-state index >= 15 is 0 Å². The Balaban J connectivity index is 2.08. The molecular weight excluding hydrogens is 222 g/mol. The molecule has 86 valence electrons. The number of rotatable bonds is 1. The molecule has 3 nitrogen and oxygen atoms in total. The molecule has 0 saturated heterocycles. The fourth-order valence-electron chi connectivity index (χ4n) is 2.41. The molecule has 4 aromatic rings. The van der Waals surface area contributed by atoms with Crippen molar-refractivity contribution in [3.8, 4) is 5.69 Å². The average Bonchev–Trinajstić information content (AvgIpc) is 3.01. The SMILES string of the molecule is c1ccc2c(c1)ncn2-c1c[nH]c2ccccc12. The summed E-state index contributed by atoms with van der Waals surface area (Å²) in [6.07, 6.45) is 3.90. The number of H-pyrrole nitrogens is 1. The minimum absolute atomic E-state index is 1.02. The molecule has 0 atom stereocenters. The van der Waals surface area contributed by atoms with Gasteiger partial charge in [0.15, 0.2) is 0 Å². The van der Waals surface area contributed by atoms with Crippen LogP contribution in [0.15, 0.2) is 61.1 Å². The van der Waals surface area contributed by atoms with Crippen molar-refractivity contribution in [1.29, 1.82) is 0 Å². The van der Waals surface area contributed by atoms with E-state index in [1.807, 2.05) is 36.8 Å². The zero-order chi connectivity index (χ0) is 11.9. The minimum Gasteiger partial charge on any atom is -0.359 e. The quantitative estimate of drug-likeness (QED) is 0.536. The summed E-state index contributed by atoms with van der Waals surface area (Å²) >= 11 is 0. The summed E-state index contributed by atoms with van der Waals surface area (Å²) in [5, 5.41) is 1.21. The summed E-state index contributed by atoms with van der Waals surface area (Å²) in [6.45, 7) is 0. The topological polar surface area (TPSA) is 33.6 Å². The molecule has 2 aromatic carbocycles. The van der Waals surface area contributed by atoms with Gasteiger partial charge in [-0.3, -0.25) is 4.57 Å². The number of nitrogens with zero attached hydrogens (tertiary/aromatic N) is 2. The van der Waals surface area contributed by atoms with Gasteiger partial charge in [-0.15, -0.1) is 0 Å². The summed E-state index contributed by atoms with van der Waals surface area (Å²) in [6, 6.07) is 16.5. The van der Waals surface area contributed by atoms with E-state index in [1.165, 1.54) is 5.39 Å². The van der Waals surface area contributed by atoms with Crippen LogP contribution >= 0.6 is 0 Å². The van der Waals surface area contributed by atoms with Crippen LogP contribution in [0.1, 0.15) is 0 Å². The third-order valence-corrected chi connectivity index (χ3v) is 3.28. The first-order valence-electron chi connectivity index (χ1n) is 5.92. The van der Waals surface area contributed by atoms with E-state index in [1.54, 1.807) is 0 Å². The van der Waals surface area contributed by atoms with E-state index in [-0.39, 0.29) is 0 Å². The van der Waals surface area contributed by atoms with Gasteiger partial charge < -0.3 is 4.98 Å². The van der Waals surface area contributed by atoms with Gasteiger partial charge in [-0.1, -0.05) is 30.3 Å². The normalized spacial score (nSPS) is 11.3. The Morgan fingerprint density at radius 2 is 1.78 bits per heavy atom. The van der Waals surface area contributed by atoms with Crippen LogP contribution in [0, 0.1) is 0 Å². The monoisotopic (exact) mass is 233 g/mol. The predicted molar refractivity (Wildman–Crippen MR) is 72.9 cm³/mol. The lowest BCUT2D eigenvalue weighted by Crippen LogP contribution is -1.89. The number of benzene rings is 2. The van der Waals surface area contributed by atoms with Gasteiger partial charge in [0, 0.05) is 17.1 Å². The van der Waals surface area contributed by atoms with Crippen molar-refractivity contribution in [2.75, 3.05) is 0 Å². The van der Waals surface area contributed by atoms with Crippen molar-refractivity contribution in [2.24, 2.45) is 0 Å². The van der Waals surface area contributed by atoms with Gasteiger partial charge in [0.1, 0.15) is 6.33 Å². The molecule has 0 aliphatic heterocycles. The predicted octanol–water partition coefficient (Wildman–Crippen LogP) is 3.51. The summed E-state index contributed by atoms with van der Waals surface area (Å²) in [7, 11) is 0. The van der Waals surface area contributed by atoms with Crippen molar-refractivity contribution in [2.45, 2.75) is 0 Å². The van der Waals surface area contributed by atoms with Gasteiger partial charge in [-0.05, 0) is 18.2 Å². The van der Waals surface area contributed by atoms with Crippen LogP contribution < -0.4 is 0 Å². The van der Waals surface area contributed by atoms with Crippen LogP contribution in [0.25, 0.3) is 27.6 Å². The molecule has 0 saturated carbocycles. The number of para-hydroxylation sites is 3. The molecule has 1 N–H and O–H groups in total. The second-order valence-electron chi connectivity index (χ2n) is 4.32. The number of fused-ring (bicyclic) bond motifs is 2. The van der Waals surface area contributed by atoms with Crippen LogP contribution in [0.2, 0.25) is 0 Å². The first-order chi connectivity index (χ1) is 8.93. The number of hydrogen-bond acceptors (Lipinski definition) is 1. The maximum atomic E-state index is 4.43. The first kappa shape index (κ1) is 9.48. The van der Waals surface area contributed by atoms with Crippen molar-refractivity contribution in [1.82, 2.24) is 14.5 Å². The standard InChI is InChI=1S/C15H11N3/c1-2-6-12-11(5-1)15(9-16-12)18-10-17-13-7-3-4-8-14(13)18/h1-10,16H. The molecule has 0 spiro atoms. The van der Waals surface area contributed by atoms with Crippen LogP contribution in [0.3, 0.4) is 0 Å². The molecule has 18 heavy (non-hydrogen) atoms. The first-order valence-corrected chi connectivity index (χ1v) is 5.92. The Morgan fingerprint density at radius 3 is 2.78 bits per heavy atom. The van der Waals surface area contributed by atoms with E-state index in [4.69, 9.17) is 0 Å². The maximum Gasteiger partial charge on any atom is 0.100 e. The Kier molecular flexibility index (Phi) is 1.83. The second kappa shape index (κ2) is 3.47. The molecule has 0 aliphatic rings. The molecule has 2 heterocycles. The molecule has 4 rings (SSSR count). The third kappa shape index (κ3) is 1.21. The van der Waals surface area contributed by atoms with E-state index in [0.29, 0.717) is 0 Å². The zero-order valence-electron chi connectivity index (χ0n) is 9.67. The van der Waals surface area contributed by atoms with Crippen LogP contribution in [0.4, 0.5) is 0 Å². The van der Waals surface area contributed by atoms with Gasteiger partial charge in [0.05, 0.1) is 16.7 Å². The fourth-order valence-corrected chi connectivity index (χ4v) is 2.41. The summed E-state index contributed by atoms with van der Waals surface area (Å²) in [4.78, 5) is 7.72. The van der Waals surface area contributed by atoms with E-state index in [9.17, 15) is 0 Å². The van der Waals surface area contributed by atoms with Crippen molar-refractivity contribution in [3.05, 3.63) is 61.1 Å². The van der Waals surface area contributed by atoms with E-state index in [2.05, 4.69) is 38.8 Å². The molecule has 0 fully saturated rings. The molecule has 0 amide bonds. The number of nitrogens with one attached hydrogen (secondary N) is 1. The smallest absolute Gasteiger partial charge is 0.100 e. The Morgan fingerprint density at radius 1 is 0.944 bits per heavy atom. The Hall–Kier alpha value is -2.55. The highest BCUT2D eigenvalue weighted by Crippen LogP contribution is 2.25. The van der Waals surface area contributed by atoms with E-state index in [0.717, 1.165) is 22.2 Å². The van der Waals surface area contributed by atoms with Crippen molar-refractivity contribution >= 4 is 21.9 Å². The minimum atomic E-state index is 1.02. The second-order valence-corrected chi connectivity index (χ2v) is 4.32. The van der Waals surface area contributed by atoms with E-state index < -0.39 is 0 Å². The highest BCUT2D eigenvalue weighted by atomic mass is 15.1. The molecule has 0 unspecified atom stereocenters. The van der Waals surface area contributed by atoms with Crippen molar-refractivity contribution in [3.63, 3.8) is 0 Å². The largest absolute Gasteiger partial charge is 0.359 e. The number of hydrogen-bond donors (Lipinski definition) is 1. The summed E-state index contributed by atoms with van der Waals surface area (Å²) in [5.41, 5.74) is 4.43. The fraction of sp³-hybridized carbons (Fsp3) is 0. The molecule has 0 bridgehead atoms. The number of aromatic nitrogens is 3. The average molecular weight is 233 g/mol. The summed E-state index contributed by atoms with van der Waals surface area (Å²) < 4.78 is 2.12. The van der Waals surface area contributed by atoms with Gasteiger partial charge >= 0.3 is 0 Å². The van der Waals surface area contributed by atoms with Gasteiger partial charge in [0.2, 0.25) is 0 Å². The number of aromatic amines is 1. The molecule has 2 aromatic heterocycles. The third-order valence-electron chi connectivity index (χ3n) is 3.28. The molecule has 0 radical (unpaired) electrons. The Labute approximate surface area is 104 Å². The maximum absolute atomic E-state index is 4.43. The van der Waals surface area contributed by atoms with Gasteiger partial charge in [-0.25, -0.2) is 4.98 Å². The van der Waals surface area contributed by atoms with Gasteiger partial charge in [0.25, 0.3) is 0 Å². The van der Waals surface area contributed by atoms with Crippen LogP contribution in [0.5, 0.6) is 0 Å². The lowest BCUT2D eigenvalue weighted by Gasteiger charge is -2.01. The van der Waals surface area contributed by atoms with Gasteiger partial charge in [-0.2, -0.15) is 0 Å². The summed E-state index contributed by atoms with van der Waals surface area (Å²) in [5.74, 6) is 0. The lowest BCUT2D eigenvalue weighted by atomic mass is 10.2. The van der Waals surface area contributed by atoms with Crippen molar-refractivity contribution < 1.29 is 0 Å². The highest BCUT2D eigenvalue weighted by molar-refractivity contribution is 5.90. The lowest BCUT2D eigenvalue weighted by molar-refractivity contribution is 1.10. The molecule has 3 heteroatoms. The van der Waals surface area contributed by atoms with Crippen LogP contribution in [-0.2, 0) is 0 Å². The zero-order valence-corrected chi connectivity index (χ0v) is 9.67.